The molecule has 1 aliphatic rings. The lowest BCUT2D eigenvalue weighted by molar-refractivity contribution is 0.450. The fraction of sp³-hybridized carbons (Fsp3) is 0.562. The van der Waals surface area contributed by atoms with Gasteiger partial charge in [-0.05, 0) is 54.9 Å². The van der Waals surface area contributed by atoms with Crippen molar-refractivity contribution in [2.24, 2.45) is 5.92 Å². The Morgan fingerprint density at radius 2 is 1.89 bits per heavy atom. The highest BCUT2D eigenvalue weighted by Gasteiger charge is 2.17. The van der Waals surface area contributed by atoms with Gasteiger partial charge in [-0.2, -0.15) is 0 Å². The van der Waals surface area contributed by atoms with Crippen molar-refractivity contribution < 1.29 is 4.42 Å². The van der Waals surface area contributed by atoms with Gasteiger partial charge in [-0.25, -0.2) is 4.98 Å². The van der Waals surface area contributed by atoms with Gasteiger partial charge in [-0.3, -0.25) is 0 Å². The molecule has 0 bridgehead atoms. The summed E-state index contributed by atoms with van der Waals surface area (Å²) in [6.07, 6.45) is 7.24. The lowest BCUT2D eigenvalue weighted by Gasteiger charge is -2.08. The average Bonchev–Trinajstić information content (AvgIpc) is 2.69. The molecule has 3 rings (SSSR count). The molecule has 2 aromatic rings. The van der Waals surface area contributed by atoms with Gasteiger partial charge in [0.2, 0.25) is 0 Å². The molecule has 2 nitrogen and oxygen atoms in total. The summed E-state index contributed by atoms with van der Waals surface area (Å²) < 4.78 is 5.77. The molecule has 1 heterocycles. The topological polar surface area (TPSA) is 26.0 Å². The molecule has 0 amide bonds. The van der Waals surface area contributed by atoms with Gasteiger partial charge in [-0.1, -0.05) is 20.3 Å². The Kier molecular flexibility index (Phi) is 3.11. The first-order valence-electron chi connectivity index (χ1n) is 7.21. The van der Waals surface area contributed by atoms with E-state index in [0.29, 0.717) is 0 Å². The minimum Gasteiger partial charge on any atom is -0.441 e. The summed E-state index contributed by atoms with van der Waals surface area (Å²) in [5.74, 6) is 1.75. The molecule has 0 N–H and O–H groups in total. The summed E-state index contributed by atoms with van der Waals surface area (Å²) in [6, 6.07) is 4.49. The maximum absolute atomic E-state index is 5.77. The molecule has 1 aliphatic carbocycles. The summed E-state index contributed by atoms with van der Waals surface area (Å²) in [4.78, 5) is 4.54. The van der Waals surface area contributed by atoms with Gasteiger partial charge < -0.3 is 4.42 Å². The smallest absolute Gasteiger partial charge is 0.195 e. The van der Waals surface area contributed by atoms with Gasteiger partial charge in [0.25, 0.3) is 0 Å². The van der Waals surface area contributed by atoms with E-state index in [9.17, 15) is 0 Å². The zero-order chi connectivity index (χ0) is 12.5. The van der Waals surface area contributed by atoms with Crippen molar-refractivity contribution in [3.8, 4) is 0 Å². The fourth-order valence-corrected chi connectivity index (χ4v) is 3.00. The number of oxazole rings is 1. The van der Waals surface area contributed by atoms with Crippen LogP contribution in [-0.4, -0.2) is 4.98 Å². The van der Waals surface area contributed by atoms with Crippen LogP contribution >= 0.6 is 0 Å². The molecule has 0 saturated carbocycles. The number of hydrogen-bond donors (Lipinski definition) is 0. The van der Waals surface area contributed by atoms with E-state index in [4.69, 9.17) is 4.42 Å². The van der Waals surface area contributed by atoms with Crippen molar-refractivity contribution in [1.82, 2.24) is 4.98 Å². The molecule has 0 radical (unpaired) electrons. The van der Waals surface area contributed by atoms with Crippen LogP contribution in [0.1, 0.15) is 50.1 Å². The number of aromatic nitrogens is 1. The second-order valence-corrected chi connectivity index (χ2v) is 5.40. The third kappa shape index (κ3) is 2.05. The molecule has 1 unspecified atom stereocenters. The number of nitrogens with zero attached hydrogens (tertiary/aromatic N) is 1. The Morgan fingerprint density at radius 1 is 1.17 bits per heavy atom. The zero-order valence-corrected chi connectivity index (χ0v) is 11.3. The fourth-order valence-electron chi connectivity index (χ4n) is 3.00. The first-order chi connectivity index (χ1) is 8.80. The number of hydrogen-bond acceptors (Lipinski definition) is 2. The minimum absolute atomic E-state index is 0.858. The highest BCUT2D eigenvalue weighted by atomic mass is 16.3. The van der Waals surface area contributed by atoms with E-state index in [2.05, 4.69) is 31.0 Å². The molecule has 2 heteroatoms. The third-order valence-corrected chi connectivity index (χ3v) is 4.28. The van der Waals surface area contributed by atoms with Gasteiger partial charge in [-0.15, -0.1) is 0 Å². The van der Waals surface area contributed by atoms with Crippen LogP contribution < -0.4 is 0 Å². The van der Waals surface area contributed by atoms with Crippen LogP contribution in [-0.2, 0) is 19.3 Å². The monoisotopic (exact) mass is 243 g/mol. The van der Waals surface area contributed by atoms with Gasteiger partial charge in [0, 0.05) is 6.42 Å². The summed E-state index contributed by atoms with van der Waals surface area (Å²) in [5.41, 5.74) is 4.99. The van der Waals surface area contributed by atoms with E-state index >= 15 is 0 Å². The van der Waals surface area contributed by atoms with Crippen molar-refractivity contribution in [2.45, 2.75) is 52.4 Å². The average molecular weight is 243 g/mol. The molecule has 0 spiro atoms. The first-order valence-corrected chi connectivity index (χ1v) is 7.21. The third-order valence-electron chi connectivity index (χ3n) is 4.28. The highest BCUT2D eigenvalue weighted by molar-refractivity contribution is 5.75. The number of fused-ring (bicyclic) bond motifs is 2. The van der Waals surface area contributed by atoms with Gasteiger partial charge in [0.1, 0.15) is 5.52 Å². The Bertz CT molecular complexity index is 510. The van der Waals surface area contributed by atoms with Crippen molar-refractivity contribution in [1.29, 1.82) is 0 Å². The molecule has 0 saturated heterocycles. The van der Waals surface area contributed by atoms with Gasteiger partial charge in [0.15, 0.2) is 11.5 Å². The van der Waals surface area contributed by atoms with Crippen molar-refractivity contribution in [3.63, 3.8) is 0 Å². The molecule has 1 aromatic carbocycles. The van der Waals surface area contributed by atoms with Crippen molar-refractivity contribution in [2.75, 3.05) is 0 Å². The maximum Gasteiger partial charge on any atom is 0.195 e. The largest absolute Gasteiger partial charge is 0.441 e. The van der Waals surface area contributed by atoms with Gasteiger partial charge >= 0.3 is 0 Å². The Balaban J connectivity index is 1.99. The summed E-state index contributed by atoms with van der Waals surface area (Å²) in [7, 11) is 0. The molecule has 0 fully saturated rings. The highest BCUT2D eigenvalue weighted by Crippen LogP contribution is 2.29. The molecule has 96 valence electrons. The van der Waals surface area contributed by atoms with E-state index in [1.807, 2.05) is 0 Å². The van der Waals surface area contributed by atoms with Crippen LogP contribution in [0.3, 0.4) is 0 Å². The Labute approximate surface area is 108 Å². The van der Waals surface area contributed by atoms with Crippen LogP contribution in [0.15, 0.2) is 16.5 Å². The number of benzene rings is 1. The standard InChI is InChI=1S/C16H21NO/c1-3-11-5-7-12-9-14-15(10-13(12)8-6-11)18-16(4-2)17-14/h9-11H,3-8H2,1-2H3. The molecule has 0 aliphatic heterocycles. The van der Waals surface area contributed by atoms with Crippen LogP contribution in [0.25, 0.3) is 11.1 Å². The Hall–Kier alpha value is -1.31. The predicted octanol–water partition coefficient (Wildman–Crippen LogP) is 4.30. The second kappa shape index (κ2) is 4.75. The molecular weight excluding hydrogens is 222 g/mol. The molecule has 1 aromatic heterocycles. The van der Waals surface area contributed by atoms with Gasteiger partial charge in [0.05, 0.1) is 0 Å². The normalized spacial score (nSPS) is 19.8. The zero-order valence-electron chi connectivity index (χ0n) is 11.3. The van der Waals surface area contributed by atoms with E-state index in [1.54, 1.807) is 0 Å². The van der Waals surface area contributed by atoms with Crippen molar-refractivity contribution >= 4 is 11.1 Å². The van der Waals surface area contributed by atoms with Crippen LogP contribution in [0, 0.1) is 5.92 Å². The van der Waals surface area contributed by atoms with E-state index in [0.717, 1.165) is 29.3 Å². The lowest BCUT2D eigenvalue weighted by atomic mass is 9.97. The summed E-state index contributed by atoms with van der Waals surface area (Å²) >= 11 is 0. The molecule has 1 atom stereocenters. The second-order valence-electron chi connectivity index (χ2n) is 5.40. The van der Waals surface area contributed by atoms with Crippen LogP contribution in [0.2, 0.25) is 0 Å². The first kappa shape index (κ1) is 11.8. The number of rotatable bonds is 2. The quantitative estimate of drug-likeness (QED) is 0.735. The SMILES string of the molecule is CCc1nc2cc3c(cc2o1)CCC(CC)CC3. The predicted molar refractivity (Wildman–Crippen MR) is 73.8 cm³/mol. The number of aryl methyl sites for hydroxylation is 3. The van der Waals surface area contributed by atoms with Crippen molar-refractivity contribution in [3.05, 3.63) is 29.2 Å². The summed E-state index contributed by atoms with van der Waals surface area (Å²) in [6.45, 7) is 4.39. The molecule has 18 heavy (non-hydrogen) atoms. The maximum atomic E-state index is 5.77. The van der Waals surface area contributed by atoms with Crippen LogP contribution in [0.5, 0.6) is 0 Å². The minimum atomic E-state index is 0.858. The Morgan fingerprint density at radius 3 is 2.56 bits per heavy atom. The van der Waals surface area contributed by atoms with E-state index < -0.39 is 0 Å². The van der Waals surface area contributed by atoms with Crippen LogP contribution in [0.4, 0.5) is 0 Å². The summed E-state index contributed by atoms with van der Waals surface area (Å²) in [5, 5.41) is 0. The van der Waals surface area contributed by atoms with E-state index in [1.165, 1.54) is 43.2 Å². The molecular formula is C16H21NO. The van der Waals surface area contributed by atoms with E-state index in [-0.39, 0.29) is 0 Å². The lowest BCUT2D eigenvalue weighted by Crippen LogP contribution is -1.97.